The maximum Gasteiger partial charge on any atom is 0.270 e. The summed E-state index contributed by atoms with van der Waals surface area (Å²) in [6.45, 7) is 0.131. The highest BCUT2D eigenvalue weighted by atomic mass is 32.2. The van der Waals surface area contributed by atoms with Crippen molar-refractivity contribution in [1.82, 2.24) is 9.29 Å². The second kappa shape index (κ2) is 5.43. The van der Waals surface area contributed by atoms with E-state index < -0.39 is 14.9 Å². The van der Waals surface area contributed by atoms with Crippen LogP contribution in [-0.2, 0) is 23.6 Å². The Morgan fingerprint density at radius 3 is 2.70 bits per heavy atom. The van der Waals surface area contributed by atoms with Crippen molar-refractivity contribution in [3.05, 3.63) is 58.4 Å². The molecular formula is C12H13N3O4S. The molecule has 0 aliphatic carbocycles. The molecule has 106 valence electrons. The normalized spacial score (nSPS) is 11.4. The fourth-order valence-corrected chi connectivity index (χ4v) is 2.75. The smallest absolute Gasteiger partial charge is 0.270 e. The van der Waals surface area contributed by atoms with Gasteiger partial charge in [0.15, 0.2) is 0 Å². The lowest BCUT2D eigenvalue weighted by atomic mass is 10.3. The third-order valence-corrected chi connectivity index (χ3v) is 4.10. The molecule has 0 saturated carbocycles. The summed E-state index contributed by atoms with van der Waals surface area (Å²) >= 11 is 0. The number of hydrogen-bond donors (Lipinski definition) is 1. The number of nitrogens with zero attached hydrogens (tertiary/aromatic N) is 2. The van der Waals surface area contributed by atoms with Crippen LogP contribution in [0.2, 0.25) is 0 Å². The lowest BCUT2D eigenvalue weighted by Crippen LogP contribution is -2.23. The largest absolute Gasteiger partial charge is 0.357 e. The number of nitrogens with one attached hydrogen (secondary N) is 1. The lowest BCUT2D eigenvalue weighted by molar-refractivity contribution is -0.385. The van der Waals surface area contributed by atoms with Crippen molar-refractivity contribution < 1.29 is 13.3 Å². The summed E-state index contributed by atoms with van der Waals surface area (Å²) in [6, 6.07) is 6.73. The molecule has 1 aromatic heterocycles. The van der Waals surface area contributed by atoms with Gasteiger partial charge in [-0.25, -0.2) is 13.1 Å². The Morgan fingerprint density at radius 2 is 2.10 bits per heavy atom. The molecule has 0 saturated heterocycles. The summed E-state index contributed by atoms with van der Waals surface area (Å²) < 4.78 is 28.3. The molecule has 1 aromatic carbocycles. The molecule has 2 aromatic rings. The highest BCUT2D eigenvalue weighted by molar-refractivity contribution is 7.89. The number of hydrogen-bond acceptors (Lipinski definition) is 4. The summed E-state index contributed by atoms with van der Waals surface area (Å²) in [7, 11) is -1.94. The average Bonchev–Trinajstić information content (AvgIpc) is 2.82. The molecule has 20 heavy (non-hydrogen) atoms. The fraction of sp³-hybridized carbons (Fsp3) is 0.167. The minimum atomic E-state index is -3.77. The molecule has 0 aliphatic heterocycles. The molecule has 0 atom stereocenters. The predicted molar refractivity (Wildman–Crippen MR) is 72.5 cm³/mol. The van der Waals surface area contributed by atoms with E-state index in [0.29, 0.717) is 0 Å². The average molecular weight is 295 g/mol. The van der Waals surface area contributed by atoms with Crippen LogP contribution < -0.4 is 4.72 Å². The predicted octanol–water partition coefficient (Wildman–Crippen LogP) is 1.41. The van der Waals surface area contributed by atoms with Crippen molar-refractivity contribution in [3.63, 3.8) is 0 Å². The standard InChI is InChI=1S/C12H13N3O4S/c1-14-6-5-10(9-14)8-13-20(18,19)12-4-2-3-11(7-12)15(16)17/h2-7,9,13H,8H2,1H3. The van der Waals surface area contributed by atoms with Crippen molar-refractivity contribution in [1.29, 1.82) is 0 Å². The van der Waals surface area contributed by atoms with E-state index in [1.54, 1.807) is 23.0 Å². The van der Waals surface area contributed by atoms with Crippen LogP contribution in [0.25, 0.3) is 0 Å². The molecule has 1 N–H and O–H groups in total. The van der Waals surface area contributed by atoms with Gasteiger partial charge in [-0.15, -0.1) is 0 Å². The van der Waals surface area contributed by atoms with E-state index in [-0.39, 0.29) is 17.1 Å². The highest BCUT2D eigenvalue weighted by Crippen LogP contribution is 2.17. The lowest BCUT2D eigenvalue weighted by Gasteiger charge is -2.05. The number of rotatable bonds is 5. The second-order valence-electron chi connectivity index (χ2n) is 4.26. The van der Waals surface area contributed by atoms with Crippen LogP contribution in [0, 0.1) is 10.1 Å². The van der Waals surface area contributed by atoms with E-state index in [9.17, 15) is 18.5 Å². The van der Waals surface area contributed by atoms with Gasteiger partial charge in [-0.1, -0.05) is 6.07 Å². The molecule has 0 unspecified atom stereocenters. The molecule has 1 heterocycles. The number of aromatic nitrogens is 1. The van der Waals surface area contributed by atoms with Crippen LogP contribution in [-0.4, -0.2) is 17.9 Å². The SMILES string of the molecule is Cn1ccc(CNS(=O)(=O)c2cccc([N+](=O)[O-])c2)c1. The van der Waals surface area contributed by atoms with Gasteiger partial charge in [-0.2, -0.15) is 0 Å². The molecule has 0 fully saturated rings. The van der Waals surface area contributed by atoms with Crippen LogP contribution in [0.15, 0.2) is 47.6 Å². The molecule has 2 rings (SSSR count). The molecule has 0 bridgehead atoms. The van der Waals surface area contributed by atoms with Crippen molar-refractivity contribution in [2.75, 3.05) is 0 Å². The van der Waals surface area contributed by atoms with Crippen LogP contribution >= 0.6 is 0 Å². The summed E-state index contributed by atoms with van der Waals surface area (Å²) in [4.78, 5) is 9.90. The molecule has 7 nitrogen and oxygen atoms in total. The van der Waals surface area contributed by atoms with Crippen LogP contribution in [0.1, 0.15) is 5.56 Å². The van der Waals surface area contributed by atoms with Gasteiger partial charge in [0.1, 0.15) is 0 Å². The van der Waals surface area contributed by atoms with E-state index in [2.05, 4.69) is 4.72 Å². The van der Waals surface area contributed by atoms with E-state index in [1.165, 1.54) is 18.2 Å². The quantitative estimate of drug-likeness (QED) is 0.666. The summed E-state index contributed by atoms with van der Waals surface area (Å²) in [5, 5.41) is 10.6. The number of benzene rings is 1. The highest BCUT2D eigenvalue weighted by Gasteiger charge is 2.17. The molecule has 0 radical (unpaired) electrons. The number of nitro benzene ring substituents is 1. The molecule has 0 spiro atoms. The minimum Gasteiger partial charge on any atom is -0.357 e. The van der Waals surface area contributed by atoms with Gasteiger partial charge in [0.05, 0.1) is 9.82 Å². The zero-order valence-electron chi connectivity index (χ0n) is 10.7. The van der Waals surface area contributed by atoms with Gasteiger partial charge in [0.2, 0.25) is 10.0 Å². The van der Waals surface area contributed by atoms with Crippen molar-refractivity contribution in [2.24, 2.45) is 7.05 Å². The Hall–Kier alpha value is -2.19. The molecule has 8 heteroatoms. The zero-order chi connectivity index (χ0) is 14.8. The van der Waals surface area contributed by atoms with Gasteiger partial charge < -0.3 is 4.57 Å². The van der Waals surface area contributed by atoms with Crippen molar-refractivity contribution >= 4 is 15.7 Å². The minimum absolute atomic E-state index is 0.123. The van der Waals surface area contributed by atoms with Gasteiger partial charge >= 0.3 is 0 Å². The van der Waals surface area contributed by atoms with Gasteiger partial charge in [0, 0.05) is 38.1 Å². The Bertz CT molecular complexity index is 737. The van der Waals surface area contributed by atoms with E-state index >= 15 is 0 Å². The summed E-state index contributed by atoms with van der Waals surface area (Å²) in [6.07, 6.45) is 3.59. The Kier molecular flexibility index (Phi) is 3.86. The van der Waals surface area contributed by atoms with Gasteiger partial charge in [0.25, 0.3) is 5.69 Å². The van der Waals surface area contributed by atoms with E-state index in [1.807, 2.05) is 7.05 Å². The first-order valence-electron chi connectivity index (χ1n) is 5.73. The van der Waals surface area contributed by atoms with E-state index in [4.69, 9.17) is 0 Å². The molecule has 0 amide bonds. The monoisotopic (exact) mass is 295 g/mol. The fourth-order valence-electron chi connectivity index (χ4n) is 1.69. The number of nitro groups is 1. The first kappa shape index (κ1) is 14.2. The second-order valence-corrected chi connectivity index (χ2v) is 6.03. The van der Waals surface area contributed by atoms with Crippen molar-refractivity contribution in [3.8, 4) is 0 Å². The number of sulfonamides is 1. The number of aryl methyl sites for hydroxylation is 1. The molecule has 0 aliphatic rings. The molecular weight excluding hydrogens is 282 g/mol. The van der Waals surface area contributed by atoms with Crippen LogP contribution in [0.3, 0.4) is 0 Å². The van der Waals surface area contributed by atoms with Crippen molar-refractivity contribution in [2.45, 2.75) is 11.4 Å². The Balaban J connectivity index is 2.17. The van der Waals surface area contributed by atoms with Gasteiger partial charge in [-0.05, 0) is 17.7 Å². The van der Waals surface area contributed by atoms with Crippen LogP contribution in [0.5, 0.6) is 0 Å². The Morgan fingerprint density at radius 1 is 1.35 bits per heavy atom. The van der Waals surface area contributed by atoms with E-state index in [0.717, 1.165) is 11.6 Å². The Labute approximate surface area is 116 Å². The maximum absolute atomic E-state index is 12.0. The third-order valence-electron chi connectivity index (χ3n) is 2.70. The zero-order valence-corrected chi connectivity index (χ0v) is 11.5. The van der Waals surface area contributed by atoms with Crippen LogP contribution in [0.4, 0.5) is 5.69 Å². The third kappa shape index (κ3) is 3.22. The summed E-state index contributed by atoms with van der Waals surface area (Å²) in [5.41, 5.74) is 0.550. The first-order valence-corrected chi connectivity index (χ1v) is 7.22. The summed E-state index contributed by atoms with van der Waals surface area (Å²) in [5.74, 6) is 0. The maximum atomic E-state index is 12.0. The number of non-ortho nitro benzene ring substituents is 1. The first-order chi connectivity index (χ1) is 9.38. The topological polar surface area (TPSA) is 94.2 Å². The van der Waals surface area contributed by atoms with Gasteiger partial charge in [-0.3, -0.25) is 10.1 Å².